The third-order valence-corrected chi connectivity index (χ3v) is 4.44. The van der Waals surface area contributed by atoms with Crippen LogP contribution in [0.5, 0.6) is 0 Å². The van der Waals surface area contributed by atoms with Crippen molar-refractivity contribution in [3.63, 3.8) is 0 Å². The lowest BCUT2D eigenvalue weighted by atomic mass is 10.1. The number of amides is 2. The lowest BCUT2D eigenvalue weighted by Gasteiger charge is -2.27. The van der Waals surface area contributed by atoms with Crippen molar-refractivity contribution >= 4 is 30.6 Å². The zero-order valence-corrected chi connectivity index (χ0v) is 15.0. The van der Waals surface area contributed by atoms with E-state index in [0.29, 0.717) is 19.5 Å². The molecule has 0 aromatic carbocycles. The van der Waals surface area contributed by atoms with Crippen molar-refractivity contribution in [3.05, 3.63) is 18.2 Å². The lowest BCUT2D eigenvalue weighted by Crippen LogP contribution is -2.51. The summed E-state index contributed by atoms with van der Waals surface area (Å²) in [5, 5.41) is 5.77. The first-order valence-corrected chi connectivity index (χ1v) is 8.48. The minimum Gasteiger partial charge on any atom is -0.355 e. The number of imidazole rings is 1. The molecule has 4 unspecified atom stereocenters. The summed E-state index contributed by atoms with van der Waals surface area (Å²) < 4.78 is 1.77. The Bertz CT molecular complexity index is 536. The number of rotatable bonds is 6. The maximum atomic E-state index is 12.7. The van der Waals surface area contributed by atoms with Crippen LogP contribution in [0.2, 0.25) is 0 Å². The normalized spacial score (nSPS) is 19.2. The Morgan fingerprint density at radius 2 is 2.32 bits per heavy atom. The fraction of sp³-hybridized carbons (Fsp3) is 0.615. The van der Waals surface area contributed by atoms with Crippen LogP contribution >= 0.6 is 18.8 Å². The van der Waals surface area contributed by atoms with Crippen LogP contribution in [0.15, 0.2) is 12.5 Å². The highest BCUT2D eigenvalue weighted by Crippen LogP contribution is 2.19. The lowest BCUT2D eigenvalue weighted by molar-refractivity contribution is -0.139. The Morgan fingerprint density at radius 1 is 1.55 bits per heavy atom. The fourth-order valence-corrected chi connectivity index (χ4v) is 3.21. The van der Waals surface area contributed by atoms with Crippen LogP contribution in [0.25, 0.3) is 0 Å². The zero-order chi connectivity index (χ0) is 16.1. The molecule has 0 saturated carbocycles. The molecule has 1 aliphatic heterocycles. The van der Waals surface area contributed by atoms with E-state index in [0.717, 1.165) is 18.5 Å². The van der Waals surface area contributed by atoms with Crippen molar-refractivity contribution in [1.82, 2.24) is 24.6 Å². The minimum absolute atomic E-state index is 0.0536. The van der Waals surface area contributed by atoms with Crippen LogP contribution in [0.1, 0.15) is 25.5 Å². The maximum Gasteiger partial charge on any atom is 0.242 e. The monoisotopic (exact) mass is 343 g/mol. The molecular weight excluding hydrogens is 320 g/mol. The van der Waals surface area contributed by atoms with Gasteiger partial charge in [-0.25, -0.2) is 4.98 Å². The van der Waals surface area contributed by atoms with Gasteiger partial charge in [0.15, 0.2) is 0 Å². The van der Waals surface area contributed by atoms with Gasteiger partial charge in [0.1, 0.15) is 6.04 Å². The average molecular weight is 343 g/mol. The van der Waals surface area contributed by atoms with Crippen molar-refractivity contribution in [1.29, 1.82) is 0 Å². The molecule has 0 spiro atoms. The zero-order valence-electron chi connectivity index (χ0n) is 12.7. The highest BCUT2D eigenvalue weighted by molar-refractivity contribution is 7.14. The first-order chi connectivity index (χ1) is 10.6. The second kappa shape index (κ2) is 8.00. The smallest absolute Gasteiger partial charge is 0.242 e. The minimum atomic E-state index is -0.403. The Kier molecular flexibility index (Phi) is 6.30. The number of carbonyl (C=O) groups is 2. The van der Waals surface area contributed by atoms with Crippen molar-refractivity contribution < 1.29 is 9.59 Å². The van der Waals surface area contributed by atoms with Gasteiger partial charge in [-0.3, -0.25) is 14.7 Å². The second-order valence-corrected chi connectivity index (χ2v) is 6.25. The molecule has 0 aliphatic carbocycles. The van der Waals surface area contributed by atoms with Crippen molar-refractivity contribution in [3.8, 4) is 0 Å². The third-order valence-electron chi connectivity index (χ3n) is 3.76. The molecule has 7 nitrogen and oxygen atoms in total. The highest BCUT2D eigenvalue weighted by atomic mass is 31.0. The molecule has 4 atom stereocenters. The summed E-state index contributed by atoms with van der Waals surface area (Å²) in [5.74, 6) is -0.118. The topological polar surface area (TPSA) is 79.3 Å². The number of aromatic nitrogens is 2. The molecule has 9 heteroatoms. The second-order valence-electron chi connectivity index (χ2n) is 5.32. The number of likely N-dealkylation sites (N-methyl/N-ethyl adjacent to an activating group) is 1. The van der Waals surface area contributed by atoms with E-state index in [9.17, 15) is 9.59 Å². The van der Waals surface area contributed by atoms with E-state index in [1.165, 1.54) is 0 Å². The van der Waals surface area contributed by atoms with Crippen LogP contribution in [-0.4, -0.2) is 51.2 Å². The Balaban J connectivity index is 2.05. The number of hydrogen-bond acceptors (Lipinski definition) is 4. The molecule has 2 rings (SSSR count). The summed E-state index contributed by atoms with van der Waals surface area (Å²) in [6.45, 7) is 3.08. The number of carbonyl (C=O) groups excluding carboxylic acids is 2. The fourth-order valence-electron chi connectivity index (χ4n) is 2.71. The van der Waals surface area contributed by atoms with Gasteiger partial charge >= 0.3 is 0 Å². The predicted molar refractivity (Wildman–Crippen MR) is 91.1 cm³/mol. The summed E-state index contributed by atoms with van der Waals surface area (Å²) in [6, 6.07) is -0.757. The van der Waals surface area contributed by atoms with Gasteiger partial charge in [0.2, 0.25) is 11.8 Å². The van der Waals surface area contributed by atoms with E-state index in [1.54, 1.807) is 15.6 Å². The summed E-state index contributed by atoms with van der Waals surface area (Å²) >= 11 is 0. The van der Waals surface area contributed by atoms with Crippen LogP contribution in [-0.2, 0) is 16.0 Å². The molecule has 2 N–H and O–H groups in total. The maximum absolute atomic E-state index is 12.7. The number of nitrogens with one attached hydrogen (secondary N) is 2. The van der Waals surface area contributed by atoms with E-state index in [2.05, 4.69) is 34.2 Å². The number of hydrogen-bond donors (Lipinski definition) is 2. The molecule has 0 radical (unpaired) electrons. The van der Waals surface area contributed by atoms with Crippen LogP contribution < -0.4 is 10.4 Å². The molecule has 22 heavy (non-hydrogen) atoms. The summed E-state index contributed by atoms with van der Waals surface area (Å²) in [4.78, 5) is 30.7. The molecule has 2 amide bonds. The Hall–Kier alpha value is -1.03. The SMILES string of the molecule is CCNC(=O)C1CCCN1C(=O)C(Cc1cn(P)cn1)NP. The summed E-state index contributed by atoms with van der Waals surface area (Å²) in [7, 11) is 4.90. The molecule has 1 aromatic heterocycles. The van der Waals surface area contributed by atoms with Gasteiger partial charge in [0.25, 0.3) is 0 Å². The standard InChI is InChI=1S/C13H23N5O2P2/c1-2-14-12(19)11-4-3-5-18(11)13(20)10(16-21)6-9-7-17(22)8-15-9/h7-8,10-11,16H,2-6,21-22H2,1H3,(H,14,19). The highest BCUT2D eigenvalue weighted by Gasteiger charge is 2.36. The summed E-state index contributed by atoms with van der Waals surface area (Å²) in [5.41, 5.74) is 0.831. The molecule has 2 heterocycles. The number of nitrogens with zero attached hydrogens (tertiary/aromatic N) is 3. The first kappa shape index (κ1) is 17.3. The molecule has 1 saturated heterocycles. The Labute approximate surface area is 135 Å². The van der Waals surface area contributed by atoms with E-state index in [1.807, 2.05) is 13.1 Å². The molecular formula is C13H23N5O2P2. The van der Waals surface area contributed by atoms with E-state index in [4.69, 9.17) is 0 Å². The van der Waals surface area contributed by atoms with Gasteiger partial charge in [0, 0.05) is 25.7 Å². The van der Waals surface area contributed by atoms with Gasteiger partial charge in [0.05, 0.1) is 18.1 Å². The summed E-state index contributed by atoms with van der Waals surface area (Å²) in [6.07, 6.45) is 5.61. The van der Waals surface area contributed by atoms with E-state index >= 15 is 0 Å². The molecule has 1 aromatic rings. The van der Waals surface area contributed by atoms with Crippen molar-refractivity contribution in [2.75, 3.05) is 13.1 Å². The quantitative estimate of drug-likeness (QED) is 0.710. The largest absolute Gasteiger partial charge is 0.355 e. The van der Waals surface area contributed by atoms with Crippen LogP contribution in [0.3, 0.4) is 0 Å². The van der Waals surface area contributed by atoms with E-state index < -0.39 is 6.04 Å². The van der Waals surface area contributed by atoms with E-state index in [-0.39, 0.29) is 17.9 Å². The predicted octanol–water partition coefficient (Wildman–Crippen LogP) is -0.0608. The molecule has 0 bridgehead atoms. The van der Waals surface area contributed by atoms with Crippen molar-refractivity contribution in [2.24, 2.45) is 0 Å². The first-order valence-electron chi connectivity index (χ1n) is 7.39. The van der Waals surface area contributed by atoms with Gasteiger partial charge in [-0.15, -0.1) is 0 Å². The van der Waals surface area contributed by atoms with Crippen molar-refractivity contribution in [2.45, 2.75) is 38.3 Å². The van der Waals surface area contributed by atoms with Crippen LogP contribution in [0, 0.1) is 0 Å². The van der Waals surface area contributed by atoms with Gasteiger partial charge in [-0.1, -0.05) is 9.39 Å². The third kappa shape index (κ3) is 4.03. The molecule has 122 valence electrons. The van der Waals surface area contributed by atoms with Crippen LogP contribution in [0.4, 0.5) is 0 Å². The number of likely N-dealkylation sites (tertiary alicyclic amines) is 1. The molecule has 1 fully saturated rings. The average Bonchev–Trinajstić information content (AvgIpc) is 3.13. The molecule has 1 aliphatic rings. The van der Waals surface area contributed by atoms with Gasteiger partial charge in [-0.05, 0) is 29.2 Å². The van der Waals surface area contributed by atoms with Gasteiger partial charge < -0.3 is 14.6 Å². The van der Waals surface area contributed by atoms with Gasteiger partial charge in [-0.2, -0.15) is 0 Å². The Morgan fingerprint density at radius 3 is 2.91 bits per heavy atom.